The van der Waals surface area contributed by atoms with E-state index in [1.54, 1.807) is 18.3 Å². The number of nitrogens with one attached hydrogen (secondary N) is 1. The van der Waals surface area contributed by atoms with Gasteiger partial charge in [-0.1, -0.05) is 0 Å². The Morgan fingerprint density at radius 2 is 2.14 bits per heavy atom. The molecule has 14 heavy (non-hydrogen) atoms. The van der Waals surface area contributed by atoms with Crippen LogP contribution in [0.4, 0.5) is 5.82 Å². The van der Waals surface area contributed by atoms with E-state index in [1.807, 2.05) is 20.8 Å². The molecule has 0 aromatic carbocycles. The van der Waals surface area contributed by atoms with Gasteiger partial charge in [-0.3, -0.25) is 4.79 Å². The zero-order valence-electron chi connectivity index (χ0n) is 8.66. The Labute approximate surface area is 83.5 Å². The molecule has 0 atom stereocenters. The Bertz CT molecular complexity index is 341. The molecular formula is C10H15N3O. The molecule has 76 valence electrons. The van der Waals surface area contributed by atoms with Gasteiger partial charge in [-0.25, -0.2) is 4.98 Å². The summed E-state index contributed by atoms with van der Waals surface area (Å²) in [6.45, 7) is 5.98. The van der Waals surface area contributed by atoms with Crippen molar-refractivity contribution in [1.29, 1.82) is 0 Å². The van der Waals surface area contributed by atoms with Crippen molar-refractivity contribution in [1.82, 2.24) is 4.98 Å². The number of anilines is 1. The van der Waals surface area contributed by atoms with Gasteiger partial charge in [0.05, 0.1) is 5.56 Å². The number of aromatic nitrogens is 1. The van der Waals surface area contributed by atoms with E-state index in [9.17, 15) is 4.79 Å². The molecule has 1 rings (SSSR count). The van der Waals surface area contributed by atoms with Crippen LogP contribution < -0.4 is 11.1 Å². The minimum atomic E-state index is -0.468. The standard InChI is InChI=1S/C10H15N3O/c1-10(2,3)13-9-7(8(11)14)5-4-6-12-9/h4-6H,1-3H3,(H2,11,14)(H,12,13). The first kappa shape index (κ1) is 10.5. The lowest BCUT2D eigenvalue weighted by Crippen LogP contribution is -2.28. The summed E-state index contributed by atoms with van der Waals surface area (Å²) in [5.41, 5.74) is 5.49. The van der Waals surface area contributed by atoms with Crippen molar-refractivity contribution in [2.45, 2.75) is 26.3 Å². The largest absolute Gasteiger partial charge is 0.365 e. The van der Waals surface area contributed by atoms with E-state index >= 15 is 0 Å². The van der Waals surface area contributed by atoms with Crippen LogP contribution in [-0.2, 0) is 0 Å². The molecule has 0 bridgehead atoms. The number of carbonyl (C=O) groups excluding carboxylic acids is 1. The highest BCUT2D eigenvalue weighted by atomic mass is 16.1. The van der Waals surface area contributed by atoms with Gasteiger partial charge >= 0.3 is 0 Å². The van der Waals surface area contributed by atoms with E-state index in [1.165, 1.54) is 0 Å². The quantitative estimate of drug-likeness (QED) is 0.745. The van der Waals surface area contributed by atoms with Crippen LogP contribution in [0, 0.1) is 0 Å². The van der Waals surface area contributed by atoms with Crippen molar-refractivity contribution >= 4 is 11.7 Å². The second-order valence-electron chi connectivity index (χ2n) is 4.14. The maximum absolute atomic E-state index is 11.0. The predicted octanol–water partition coefficient (Wildman–Crippen LogP) is 1.39. The third kappa shape index (κ3) is 2.73. The molecule has 0 aliphatic carbocycles. The SMILES string of the molecule is CC(C)(C)Nc1ncccc1C(N)=O. The fourth-order valence-electron chi connectivity index (χ4n) is 1.06. The van der Waals surface area contributed by atoms with Crippen LogP contribution in [0.3, 0.4) is 0 Å². The lowest BCUT2D eigenvalue weighted by atomic mass is 10.1. The Balaban J connectivity index is 3.02. The lowest BCUT2D eigenvalue weighted by molar-refractivity contribution is 0.100. The van der Waals surface area contributed by atoms with Gasteiger partial charge in [0.1, 0.15) is 5.82 Å². The molecule has 0 spiro atoms. The monoisotopic (exact) mass is 193 g/mol. The van der Waals surface area contributed by atoms with Gasteiger partial charge in [0, 0.05) is 11.7 Å². The summed E-state index contributed by atoms with van der Waals surface area (Å²) in [5, 5.41) is 3.12. The molecule has 3 N–H and O–H groups in total. The molecule has 1 amide bonds. The molecule has 1 aromatic rings. The first-order chi connectivity index (χ1) is 6.40. The number of nitrogens with zero attached hydrogens (tertiary/aromatic N) is 1. The molecule has 1 heterocycles. The average molecular weight is 193 g/mol. The van der Waals surface area contributed by atoms with Crippen molar-refractivity contribution in [3.8, 4) is 0 Å². The van der Waals surface area contributed by atoms with Crippen molar-refractivity contribution in [3.63, 3.8) is 0 Å². The van der Waals surface area contributed by atoms with Crippen molar-refractivity contribution in [3.05, 3.63) is 23.9 Å². The number of rotatable bonds is 2. The van der Waals surface area contributed by atoms with Gasteiger partial charge in [-0.05, 0) is 32.9 Å². The Kier molecular flexibility index (Phi) is 2.74. The topological polar surface area (TPSA) is 68.0 Å². The minimum Gasteiger partial charge on any atom is -0.365 e. The average Bonchev–Trinajstić information content (AvgIpc) is 2.01. The van der Waals surface area contributed by atoms with Gasteiger partial charge < -0.3 is 11.1 Å². The number of hydrogen-bond donors (Lipinski definition) is 2. The number of hydrogen-bond acceptors (Lipinski definition) is 3. The van der Waals surface area contributed by atoms with Crippen molar-refractivity contribution in [2.75, 3.05) is 5.32 Å². The maximum atomic E-state index is 11.0. The van der Waals surface area contributed by atoms with Crippen molar-refractivity contribution in [2.24, 2.45) is 5.73 Å². The summed E-state index contributed by atoms with van der Waals surface area (Å²) >= 11 is 0. The van der Waals surface area contributed by atoms with E-state index in [4.69, 9.17) is 5.73 Å². The molecule has 0 saturated carbocycles. The molecule has 1 aromatic heterocycles. The smallest absolute Gasteiger partial charge is 0.252 e. The highest BCUT2D eigenvalue weighted by Crippen LogP contribution is 2.15. The predicted molar refractivity (Wildman–Crippen MR) is 56.1 cm³/mol. The molecule has 0 unspecified atom stereocenters. The fourth-order valence-corrected chi connectivity index (χ4v) is 1.06. The van der Waals surface area contributed by atoms with E-state index in [0.717, 1.165) is 0 Å². The molecule has 0 saturated heterocycles. The molecule has 0 aliphatic heterocycles. The number of carbonyl (C=O) groups is 1. The Morgan fingerprint density at radius 3 is 2.64 bits per heavy atom. The zero-order chi connectivity index (χ0) is 10.8. The van der Waals surface area contributed by atoms with Gasteiger partial charge in [0.15, 0.2) is 0 Å². The molecule has 4 nitrogen and oxygen atoms in total. The number of nitrogens with two attached hydrogens (primary N) is 1. The molecule has 0 fully saturated rings. The van der Waals surface area contributed by atoms with Crippen molar-refractivity contribution < 1.29 is 4.79 Å². The van der Waals surface area contributed by atoms with Crippen LogP contribution in [0.15, 0.2) is 18.3 Å². The Hall–Kier alpha value is -1.58. The van der Waals surface area contributed by atoms with Gasteiger partial charge in [-0.2, -0.15) is 0 Å². The summed E-state index contributed by atoms with van der Waals surface area (Å²) in [4.78, 5) is 15.1. The summed E-state index contributed by atoms with van der Waals surface area (Å²) in [5.74, 6) is 0.0670. The van der Waals surface area contributed by atoms with E-state index < -0.39 is 5.91 Å². The molecular weight excluding hydrogens is 178 g/mol. The van der Waals surface area contributed by atoms with E-state index in [2.05, 4.69) is 10.3 Å². The van der Waals surface area contributed by atoms with Crippen LogP contribution in [0.2, 0.25) is 0 Å². The number of amides is 1. The summed E-state index contributed by atoms with van der Waals surface area (Å²) in [6.07, 6.45) is 1.63. The van der Waals surface area contributed by atoms with Crippen LogP contribution in [-0.4, -0.2) is 16.4 Å². The summed E-state index contributed by atoms with van der Waals surface area (Å²) < 4.78 is 0. The van der Waals surface area contributed by atoms with E-state index in [-0.39, 0.29) is 5.54 Å². The first-order valence-corrected chi connectivity index (χ1v) is 4.43. The normalized spacial score (nSPS) is 11.1. The van der Waals surface area contributed by atoms with Crippen LogP contribution in [0.5, 0.6) is 0 Å². The third-order valence-electron chi connectivity index (χ3n) is 1.57. The second kappa shape index (κ2) is 3.65. The van der Waals surface area contributed by atoms with Gasteiger partial charge in [-0.15, -0.1) is 0 Å². The minimum absolute atomic E-state index is 0.140. The molecule has 0 aliphatic rings. The van der Waals surface area contributed by atoms with Gasteiger partial charge in [0.2, 0.25) is 0 Å². The Morgan fingerprint density at radius 1 is 1.50 bits per heavy atom. The second-order valence-corrected chi connectivity index (χ2v) is 4.14. The van der Waals surface area contributed by atoms with Crippen LogP contribution >= 0.6 is 0 Å². The van der Waals surface area contributed by atoms with Crippen LogP contribution in [0.1, 0.15) is 31.1 Å². The highest BCUT2D eigenvalue weighted by molar-refractivity contribution is 5.97. The van der Waals surface area contributed by atoms with E-state index in [0.29, 0.717) is 11.4 Å². The van der Waals surface area contributed by atoms with Gasteiger partial charge in [0.25, 0.3) is 5.91 Å². The maximum Gasteiger partial charge on any atom is 0.252 e. The summed E-state index contributed by atoms with van der Waals surface area (Å²) in [6, 6.07) is 3.34. The fraction of sp³-hybridized carbons (Fsp3) is 0.400. The molecule has 4 heteroatoms. The lowest BCUT2D eigenvalue weighted by Gasteiger charge is -2.22. The number of pyridine rings is 1. The zero-order valence-corrected chi connectivity index (χ0v) is 8.66. The summed E-state index contributed by atoms with van der Waals surface area (Å²) in [7, 11) is 0. The first-order valence-electron chi connectivity index (χ1n) is 4.43. The number of primary amides is 1. The molecule has 0 radical (unpaired) electrons. The highest BCUT2D eigenvalue weighted by Gasteiger charge is 2.15. The third-order valence-corrected chi connectivity index (χ3v) is 1.57. The van der Waals surface area contributed by atoms with Crippen LogP contribution in [0.25, 0.3) is 0 Å².